The van der Waals surface area contributed by atoms with Gasteiger partial charge in [-0.05, 0) is 18.2 Å². The van der Waals surface area contributed by atoms with Crippen molar-refractivity contribution in [1.29, 1.82) is 0 Å². The number of rotatable bonds is 4. The Balaban J connectivity index is 1.40. The van der Waals surface area contributed by atoms with Crippen molar-refractivity contribution in [2.24, 2.45) is 7.05 Å². The molecule has 0 saturated carbocycles. The van der Waals surface area contributed by atoms with Crippen LogP contribution in [0.1, 0.15) is 16.1 Å². The number of ether oxygens (including phenoxy) is 1. The van der Waals surface area contributed by atoms with Gasteiger partial charge in [-0.2, -0.15) is 0 Å². The van der Waals surface area contributed by atoms with E-state index in [1.165, 1.54) is 0 Å². The van der Waals surface area contributed by atoms with Crippen molar-refractivity contribution in [3.63, 3.8) is 0 Å². The quantitative estimate of drug-likeness (QED) is 0.687. The Labute approximate surface area is 170 Å². The van der Waals surface area contributed by atoms with E-state index >= 15 is 0 Å². The van der Waals surface area contributed by atoms with E-state index in [4.69, 9.17) is 4.74 Å². The number of amides is 2. The van der Waals surface area contributed by atoms with Gasteiger partial charge < -0.3 is 19.1 Å². The summed E-state index contributed by atoms with van der Waals surface area (Å²) in [7, 11) is 3.53. The van der Waals surface area contributed by atoms with E-state index in [-0.39, 0.29) is 11.8 Å². The van der Waals surface area contributed by atoms with Crippen LogP contribution >= 0.6 is 0 Å². The van der Waals surface area contributed by atoms with Crippen molar-refractivity contribution >= 4 is 22.7 Å². The average molecular weight is 391 g/mol. The van der Waals surface area contributed by atoms with E-state index < -0.39 is 0 Å². The number of aryl methyl sites for hydroxylation is 1. The Hall–Kier alpha value is -3.28. The van der Waals surface area contributed by atoms with Crippen LogP contribution in [-0.2, 0) is 18.3 Å². The highest BCUT2D eigenvalue weighted by atomic mass is 16.5. The summed E-state index contributed by atoms with van der Waals surface area (Å²) in [4.78, 5) is 29.4. The van der Waals surface area contributed by atoms with E-state index in [2.05, 4.69) is 0 Å². The maximum atomic E-state index is 13.0. The Morgan fingerprint density at radius 3 is 2.31 bits per heavy atom. The fourth-order valence-electron chi connectivity index (χ4n) is 3.94. The number of carbonyl (C=O) groups is 2. The highest BCUT2D eigenvalue weighted by Crippen LogP contribution is 2.21. The molecule has 0 unspecified atom stereocenters. The molecule has 0 atom stereocenters. The Morgan fingerprint density at radius 2 is 1.59 bits per heavy atom. The van der Waals surface area contributed by atoms with Gasteiger partial charge in [0.05, 0.1) is 13.5 Å². The fourth-order valence-corrected chi connectivity index (χ4v) is 3.94. The summed E-state index contributed by atoms with van der Waals surface area (Å²) in [6.07, 6.45) is 0.307. The summed E-state index contributed by atoms with van der Waals surface area (Å²) in [5.41, 5.74) is 2.61. The molecule has 1 fully saturated rings. The molecule has 0 N–H and O–H groups in total. The highest BCUT2D eigenvalue weighted by Gasteiger charge is 2.27. The molecular weight excluding hydrogens is 366 g/mol. The van der Waals surface area contributed by atoms with Crippen LogP contribution in [0, 0.1) is 0 Å². The van der Waals surface area contributed by atoms with Crippen LogP contribution in [0.2, 0.25) is 0 Å². The summed E-state index contributed by atoms with van der Waals surface area (Å²) >= 11 is 0. The number of piperazine rings is 1. The zero-order valence-corrected chi connectivity index (χ0v) is 16.8. The number of para-hydroxylation sites is 2. The van der Waals surface area contributed by atoms with E-state index in [0.29, 0.717) is 38.3 Å². The lowest BCUT2D eigenvalue weighted by Gasteiger charge is -2.35. The van der Waals surface area contributed by atoms with Crippen LogP contribution in [-0.4, -0.2) is 59.5 Å². The number of hydrogen-bond acceptors (Lipinski definition) is 3. The van der Waals surface area contributed by atoms with Crippen molar-refractivity contribution in [3.8, 4) is 5.75 Å². The Kier molecular flexibility index (Phi) is 5.25. The number of benzene rings is 2. The molecule has 0 aliphatic carbocycles. The van der Waals surface area contributed by atoms with Gasteiger partial charge in [0.25, 0.3) is 5.91 Å². The van der Waals surface area contributed by atoms with E-state index in [1.54, 1.807) is 7.11 Å². The van der Waals surface area contributed by atoms with Gasteiger partial charge >= 0.3 is 0 Å². The molecule has 6 heteroatoms. The summed E-state index contributed by atoms with van der Waals surface area (Å²) in [5, 5.41) is 1.06. The maximum absolute atomic E-state index is 13.0. The van der Waals surface area contributed by atoms with Crippen molar-refractivity contribution in [2.75, 3.05) is 33.3 Å². The zero-order chi connectivity index (χ0) is 20.4. The Bertz CT molecular complexity index is 1050. The minimum Gasteiger partial charge on any atom is -0.496 e. The van der Waals surface area contributed by atoms with Crippen molar-refractivity contribution in [1.82, 2.24) is 14.4 Å². The molecule has 2 amide bonds. The van der Waals surface area contributed by atoms with Gasteiger partial charge in [0, 0.05) is 49.7 Å². The van der Waals surface area contributed by atoms with Crippen LogP contribution in [0.3, 0.4) is 0 Å². The van der Waals surface area contributed by atoms with Crippen LogP contribution < -0.4 is 4.74 Å². The smallest absolute Gasteiger partial charge is 0.270 e. The van der Waals surface area contributed by atoms with Crippen molar-refractivity contribution in [2.45, 2.75) is 6.42 Å². The van der Waals surface area contributed by atoms with Gasteiger partial charge in [0.1, 0.15) is 11.4 Å². The predicted molar refractivity (Wildman–Crippen MR) is 112 cm³/mol. The molecule has 0 spiro atoms. The first-order chi connectivity index (χ1) is 14.1. The standard InChI is InChI=1S/C23H25N3O3/c1-24-19-9-5-3-7-17(19)15-20(24)23(28)26-13-11-25(12-14-26)22(27)16-18-8-4-6-10-21(18)29-2/h3-10,15H,11-14,16H2,1-2H3. The maximum Gasteiger partial charge on any atom is 0.270 e. The molecule has 0 radical (unpaired) electrons. The van der Waals surface area contributed by atoms with Crippen molar-refractivity contribution in [3.05, 3.63) is 65.9 Å². The summed E-state index contributed by atoms with van der Waals surface area (Å²) in [6.45, 7) is 2.17. The first-order valence-corrected chi connectivity index (χ1v) is 9.82. The lowest BCUT2D eigenvalue weighted by Crippen LogP contribution is -2.51. The minimum absolute atomic E-state index is 0.0144. The van der Waals surface area contributed by atoms with Crippen LogP contribution in [0.5, 0.6) is 5.75 Å². The van der Waals surface area contributed by atoms with Crippen LogP contribution in [0.4, 0.5) is 0 Å². The number of hydrogen-bond donors (Lipinski definition) is 0. The fraction of sp³-hybridized carbons (Fsp3) is 0.304. The molecule has 4 rings (SSSR count). The van der Waals surface area contributed by atoms with E-state index in [0.717, 1.165) is 22.2 Å². The number of aromatic nitrogens is 1. The van der Waals surface area contributed by atoms with Gasteiger partial charge in [-0.25, -0.2) is 0 Å². The molecule has 1 saturated heterocycles. The highest BCUT2D eigenvalue weighted by molar-refractivity contribution is 5.98. The second kappa shape index (κ2) is 7.99. The Morgan fingerprint density at radius 1 is 0.931 bits per heavy atom. The average Bonchev–Trinajstić information content (AvgIpc) is 3.10. The predicted octanol–water partition coefficient (Wildman–Crippen LogP) is 2.71. The molecule has 150 valence electrons. The lowest BCUT2D eigenvalue weighted by molar-refractivity contribution is -0.131. The monoisotopic (exact) mass is 391 g/mol. The third-order valence-corrected chi connectivity index (χ3v) is 5.62. The topological polar surface area (TPSA) is 54.8 Å². The van der Waals surface area contributed by atoms with Gasteiger partial charge in [-0.1, -0.05) is 36.4 Å². The van der Waals surface area contributed by atoms with Gasteiger partial charge in [0.15, 0.2) is 0 Å². The van der Waals surface area contributed by atoms with E-state index in [9.17, 15) is 9.59 Å². The van der Waals surface area contributed by atoms with E-state index in [1.807, 2.05) is 76.0 Å². The molecule has 29 heavy (non-hydrogen) atoms. The van der Waals surface area contributed by atoms with Gasteiger partial charge in [-0.15, -0.1) is 0 Å². The third-order valence-electron chi connectivity index (χ3n) is 5.62. The largest absolute Gasteiger partial charge is 0.496 e. The molecular formula is C23H25N3O3. The number of carbonyl (C=O) groups excluding carboxylic acids is 2. The van der Waals surface area contributed by atoms with Crippen LogP contribution in [0.25, 0.3) is 10.9 Å². The second-order valence-corrected chi connectivity index (χ2v) is 7.31. The van der Waals surface area contributed by atoms with Crippen LogP contribution in [0.15, 0.2) is 54.6 Å². The first-order valence-electron chi connectivity index (χ1n) is 9.82. The van der Waals surface area contributed by atoms with Crippen molar-refractivity contribution < 1.29 is 14.3 Å². The molecule has 6 nitrogen and oxygen atoms in total. The molecule has 1 aliphatic heterocycles. The SMILES string of the molecule is COc1ccccc1CC(=O)N1CCN(C(=O)c2cc3ccccc3n2C)CC1. The molecule has 1 aromatic heterocycles. The first kappa shape index (κ1) is 19.1. The van der Waals surface area contributed by atoms with Gasteiger partial charge in [0.2, 0.25) is 5.91 Å². The third kappa shape index (κ3) is 3.70. The molecule has 2 aromatic carbocycles. The number of fused-ring (bicyclic) bond motifs is 1. The normalized spacial score (nSPS) is 14.3. The zero-order valence-electron chi connectivity index (χ0n) is 16.8. The molecule has 2 heterocycles. The molecule has 3 aromatic rings. The number of methoxy groups -OCH3 is 1. The minimum atomic E-state index is 0.0144. The molecule has 0 bridgehead atoms. The summed E-state index contributed by atoms with van der Waals surface area (Å²) < 4.78 is 7.28. The second-order valence-electron chi connectivity index (χ2n) is 7.31. The summed E-state index contributed by atoms with van der Waals surface area (Å²) in [6, 6.07) is 17.5. The molecule has 1 aliphatic rings. The summed E-state index contributed by atoms with van der Waals surface area (Å²) in [5.74, 6) is 0.803. The van der Waals surface area contributed by atoms with Gasteiger partial charge in [-0.3, -0.25) is 9.59 Å². The number of nitrogens with zero attached hydrogens (tertiary/aromatic N) is 3. The lowest BCUT2D eigenvalue weighted by atomic mass is 10.1.